The first-order valence-corrected chi connectivity index (χ1v) is 13.4. The predicted molar refractivity (Wildman–Crippen MR) is 134 cm³/mol. The molecule has 0 saturated heterocycles. The quantitative estimate of drug-likeness (QED) is 0.413. The lowest BCUT2D eigenvalue weighted by Gasteiger charge is -2.24. The van der Waals surface area contributed by atoms with Gasteiger partial charge in [-0.25, -0.2) is 0 Å². The molecule has 0 heterocycles. The minimum Gasteiger partial charge on any atom is -0.299 e. The lowest BCUT2D eigenvalue weighted by Crippen LogP contribution is -2.22. The maximum atomic E-state index is 12.0. The maximum absolute atomic E-state index is 12.0. The van der Waals surface area contributed by atoms with Crippen LogP contribution in [0.15, 0.2) is 24.3 Å². The van der Waals surface area contributed by atoms with Crippen molar-refractivity contribution in [1.82, 2.24) is 0 Å². The summed E-state index contributed by atoms with van der Waals surface area (Å²) in [7, 11) is 0. The van der Waals surface area contributed by atoms with Crippen molar-refractivity contribution in [3.05, 3.63) is 24.3 Å². The Morgan fingerprint density at radius 1 is 0.625 bits per heavy atom. The molecule has 4 rings (SSSR count). The highest BCUT2D eigenvalue weighted by Gasteiger charge is 2.46. The minimum atomic E-state index is 0.361. The Labute approximate surface area is 197 Å². The van der Waals surface area contributed by atoms with E-state index >= 15 is 0 Å². The molecule has 2 heteroatoms. The van der Waals surface area contributed by atoms with E-state index in [9.17, 15) is 9.59 Å². The van der Waals surface area contributed by atoms with Crippen molar-refractivity contribution >= 4 is 11.6 Å². The molecule has 32 heavy (non-hydrogen) atoms. The summed E-state index contributed by atoms with van der Waals surface area (Å²) < 4.78 is 0. The van der Waals surface area contributed by atoms with Crippen molar-refractivity contribution in [3.8, 4) is 0 Å². The Kier molecular flexibility index (Phi) is 8.26. The molecule has 4 aliphatic rings. The third-order valence-electron chi connectivity index (χ3n) is 9.85. The summed E-state index contributed by atoms with van der Waals surface area (Å²) in [4.78, 5) is 24.1. The lowest BCUT2D eigenvalue weighted by atomic mass is 9.79. The smallest absolute Gasteiger partial charge is 0.136 e. The van der Waals surface area contributed by atoms with E-state index in [-0.39, 0.29) is 0 Å². The summed E-state index contributed by atoms with van der Waals surface area (Å²) in [5.74, 6) is 6.74. The van der Waals surface area contributed by atoms with Gasteiger partial charge >= 0.3 is 0 Å². The van der Waals surface area contributed by atoms with Crippen molar-refractivity contribution in [2.75, 3.05) is 0 Å². The van der Waals surface area contributed by atoms with Gasteiger partial charge < -0.3 is 0 Å². The summed E-state index contributed by atoms with van der Waals surface area (Å²) in [6.07, 6.45) is 8.95. The number of Topliss-reactive ketones (excluding diaryl/α,β-unsaturated/α-hetero) is 2. The number of carbonyl (C=O) groups is 2. The number of allylic oxidation sites excluding steroid dienone is 2. The maximum Gasteiger partial charge on any atom is 0.136 e. The van der Waals surface area contributed by atoms with Crippen LogP contribution >= 0.6 is 0 Å². The Bertz CT molecular complexity index is 671. The van der Waals surface area contributed by atoms with Crippen molar-refractivity contribution in [2.45, 2.75) is 92.9 Å². The number of ketones is 2. The second-order valence-electron chi connectivity index (χ2n) is 12.3. The summed E-state index contributed by atoms with van der Waals surface area (Å²) in [6.45, 7) is 21.6. The topological polar surface area (TPSA) is 34.1 Å². The van der Waals surface area contributed by atoms with E-state index in [1.165, 1.54) is 49.7 Å². The van der Waals surface area contributed by atoms with Crippen LogP contribution in [0.4, 0.5) is 0 Å². The van der Waals surface area contributed by atoms with Gasteiger partial charge in [-0.3, -0.25) is 9.59 Å². The van der Waals surface area contributed by atoms with Crippen LogP contribution in [0.2, 0.25) is 0 Å². The highest BCUT2D eigenvalue weighted by atomic mass is 16.1. The summed E-state index contributed by atoms with van der Waals surface area (Å²) in [5, 5.41) is 0. The van der Waals surface area contributed by atoms with Gasteiger partial charge in [-0.1, -0.05) is 52.0 Å². The highest BCUT2D eigenvalue weighted by molar-refractivity contribution is 5.84. The van der Waals surface area contributed by atoms with Gasteiger partial charge in [0.1, 0.15) is 11.6 Å². The van der Waals surface area contributed by atoms with E-state index in [1.807, 2.05) is 0 Å². The predicted octanol–water partition coefficient (Wildman–Crippen LogP) is 7.68. The fraction of sp³-hybridized carbons (Fsp3) is 0.800. The van der Waals surface area contributed by atoms with Crippen LogP contribution < -0.4 is 0 Å². The zero-order chi connectivity index (χ0) is 23.7. The van der Waals surface area contributed by atoms with E-state index in [2.05, 4.69) is 54.7 Å². The molecule has 0 aromatic heterocycles. The van der Waals surface area contributed by atoms with Gasteiger partial charge in [-0.15, -0.1) is 0 Å². The number of rotatable bonds is 2. The molecule has 10 atom stereocenters. The van der Waals surface area contributed by atoms with E-state index in [0.29, 0.717) is 70.7 Å². The molecule has 0 aromatic carbocycles. The van der Waals surface area contributed by atoms with Gasteiger partial charge in [0, 0.05) is 24.7 Å². The Morgan fingerprint density at radius 2 is 0.969 bits per heavy atom. The molecular weight excluding hydrogens is 392 g/mol. The standard InChI is InChI=1S/2C15H24O/c2*1-9(2)12-6-5-10(3)15-13(8-12)11(4)7-14(15)16/h2*10-13,15H,1,5-8H2,2-4H3/t10-,11-,12+,13+,15+;10-,11-,12+,13-,15-/m00/s1. The van der Waals surface area contributed by atoms with Gasteiger partial charge in [0.05, 0.1) is 0 Å². The molecule has 0 spiro atoms. The molecule has 0 radical (unpaired) electrons. The van der Waals surface area contributed by atoms with Gasteiger partial charge in [0.15, 0.2) is 0 Å². The molecule has 0 N–H and O–H groups in total. The van der Waals surface area contributed by atoms with Crippen molar-refractivity contribution in [3.63, 3.8) is 0 Å². The van der Waals surface area contributed by atoms with Crippen LogP contribution in [0.1, 0.15) is 92.9 Å². The number of fused-ring (bicyclic) bond motifs is 2. The molecule has 0 aromatic rings. The molecular formula is C30H48O2. The van der Waals surface area contributed by atoms with Gasteiger partial charge in [0.2, 0.25) is 0 Å². The molecule has 0 amide bonds. The second kappa shape index (κ2) is 10.4. The van der Waals surface area contributed by atoms with E-state index in [1.54, 1.807) is 0 Å². The Morgan fingerprint density at radius 3 is 1.28 bits per heavy atom. The summed E-state index contributed by atoms with van der Waals surface area (Å²) in [5.41, 5.74) is 2.64. The van der Waals surface area contributed by atoms with Gasteiger partial charge in [-0.2, -0.15) is 0 Å². The van der Waals surface area contributed by atoms with Crippen LogP contribution in [-0.4, -0.2) is 11.6 Å². The first-order valence-electron chi connectivity index (χ1n) is 13.4. The average molecular weight is 441 g/mol. The van der Waals surface area contributed by atoms with Crippen molar-refractivity contribution < 1.29 is 9.59 Å². The fourth-order valence-corrected chi connectivity index (χ4v) is 7.71. The van der Waals surface area contributed by atoms with Crippen LogP contribution in [0, 0.1) is 59.2 Å². The van der Waals surface area contributed by atoms with Crippen LogP contribution in [0.3, 0.4) is 0 Å². The molecule has 0 bridgehead atoms. The highest BCUT2D eigenvalue weighted by Crippen LogP contribution is 2.49. The van der Waals surface area contributed by atoms with Crippen molar-refractivity contribution in [1.29, 1.82) is 0 Å². The first kappa shape index (κ1) is 25.4. The molecule has 2 nitrogen and oxygen atoms in total. The monoisotopic (exact) mass is 440 g/mol. The number of hydrogen-bond donors (Lipinski definition) is 0. The lowest BCUT2D eigenvalue weighted by molar-refractivity contribution is -0.123. The zero-order valence-electron chi connectivity index (χ0n) is 21.7. The van der Waals surface area contributed by atoms with Gasteiger partial charge in [-0.05, 0) is 99.7 Å². The molecule has 4 fully saturated rings. The SMILES string of the molecule is C=C(C)[C@@H]1CC[C@H](C)[C@@H]2C(=O)C[C@H](C)[C@@H]2C1.C=C(C)[C@@H]1CC[C@H](C)[C@H]2C(=O)C[C@H](C)[C@H]2C1. The normalized spacial score (nSPS) is 43.9. The van der Waals surface area contributed by atoms with E-state index in [0.717, 1.165) is 12.8 Å². The van der Waals surface area contributed by atoms with Gasteiger partial charge in [0.25, 0.3) is 0 Å². The summed E-state index contributed by atoms with van der Waals surface area (Å²) >= 11 is 0. The van der Waals surface area contributed by atoms with Crippen LogP contribution in [0.5, 0.6) is 0 Å². The average Bonchev–Trinajstić information content (AvgIpc) is 2.97. The van der Waals surface area contributed by atoms with E-state index < -0.39 is 0 Å². The molecule has 4 aliphatic carbocycles. The largest absolute Gasteiger partial charge is 0.299 e. The summed E-state index contributed by atoms with van der Waals surface area (Å²) in [6, 6.07) is 0. The fourth-order valence-electron chi connectivity index (χ4n) is 7.71. The first-order chi connectivity index (χ1) is 15.0. The third kappa shape index (κ3) is 5.31. The molecule has 180 valence electrons. The van der Waals surface area contributed by atoms with Crippen molar-refractivity contribution in [2.24, 2.45) is 59.2 Å². The van der Waals surface area contributed by atoms with Crippen LogP contribution in [0.25, 0.3) is 0 Å². The number of hydrogen-bond acceptors (Lipinski definition) is 2. The molecule has 0 unspecified atom stereocenters. The van der Waals surface area contributed by atoms with E-state index in [4.69, 9.17) is 0 Å². The third-order valence-corrected chi connectivity index (χ3v) is 9.85. The Balaban J connectivity index is 0.000000181. The minimum absolute atomic E-state index is 0.361. The van der Waals surface area contributed by atoms with Crippen LogP contribution in [-0.2, 0) is 9.59 Å². The molecule has 0 aliphatic heterocycles. The second-order valence-corrected chi connectivity index (χ2v) is 12.3. The Hall–Kier alpha value is -1.18. The molecule has 4 saturated carbocycles. The zero-order valence-corrected chi connectivity index (χ0v) is 21.7. The number of carbonyl (C=O) groups excluding carboxylic acids is 2.